The zero-order valence-corrected chi connectivity index (χ0v) is 13.8. The molecule has 0 aliphatic carbocycles. The molecule has 0 spiro atoms. The number of sulfonamides is 1. The van der Waals surface area contributed by atoms with Gasteiger partial charge in [0.2, 0.25) is 5.09 Å². The normalized spacial score (nSPS) is 19.4. The second kappa shape index (κ2) is 5.70. The fourth-order valence-corrected chi connectivity index (χ4v) is 4.20. The van der Waals surface area contributed by atoms with Crippen molar-refractivity contribution in [3.63, 3.8) is 0 Å². The van der Waals surface area contributed by atoms with Gasteiger partial charge in [-0.2, -0.15) is 4.31 Å². The summed E-state index contributed by atoms with van der Waals surface area (Å²) in [5, 5.41) is 0.00218. The number of furan rings is 1. The number of hydrogen-bond acceptors (Lipinski definition) is 3. The molecule has 0 amide bonds. The highest BCUT2D eigenvalue weighted by Gasteiger charge is 2.35. The van der Waals surface area contributed by atoms with Gasteiger partial charge in [0.1, 0.15) is 5.76 Å². The lowest BCUT2D eigenvalue weighted by Gasteiger charge is -2.37. The Morgan fingerprint density at radius 1 is 1.30 bits per heavy atom. The van der Waals surface area contributed by atoms with Gasteiger partial charge in [-0.3, -0.25) is 0 Å². The number of halogens is 1. The number of alkyl halides is 1. The highest BCUT2D eigenvalue weighted by atomic mass is 35.5. The Morgan fingerprint density at radius 3 is 2.35 bits per heavy atom. The predicted octanol–water partition coefficient (Wildman–Crippen LogP) is 3.47. The Hall–Kier alpha value is -0.520. The molecule has 0 aromatic carbocycles. The van der Waals surface area contributed by atoms with Crippen LogP contribution < -0.4 is 0 Å². The van der Waals surface area contributed by atoms with Gasteiger partial charge in [0.25, 0.3) is 10.0 Å². The summed E-state index contributed by atoms with van der Waals surface area (Å²) in [6.45, 7) is 7.74. The molecule has 114 valence electrons. The quantitative estimate of drug-likeness (QED) is 0.802. The standard InChI is InChI=1S/C14H22ClNO3S/c1-14(2,3)11-6-8-16(9-7-11)20(17,18)13-5-4-12(10-15)19-13/h4-5,11H,6-10H2,1-3H3. The minimum atomic E-state index is -3.51. The van der Waals surface area contributed by atoms with Crippen molar-refractivity contribution in [1.82, 2.24) is 4.31 Å². The topological polar surface area (TPSA) is 50.5 Å². The van der Waals surface area contributed by atoms with E-state index >= 15 is 0 Å². The van der Waals surface area contributed by atoms with E-state index in [-0.39, 0.29) is 16.4 Å². The van der Waals surface area contributed by atoms with Crippen molar-refractivity contribution >= 4 is 21.6 Å². The third-order valence-electron chi connectivity index (χ3n) is 4.04. The lowest BCUT2D eigenvalue weighted by atomic mass is 9.76. The maximum absolute atomic E-state index is 12.5. The predicted molar refractivity (Wildman–Crippen MR) is 79.2 cm³/mol. The summed E-state index contributed by atoms with van der Waals surface area (Å²) in [5.41, 5.74) is 0.228. The Kier molecular flexibility index (Phi) is 4.52. The average molecular weight is 320 g/mol. The van der Waals surface area contributed by atoms with Crippen molar-refractivity contribution in [2.75, 3.05) is 13.1 Å². The first-order valence-corrected chi connectivity index (χ1v) is 8.87. The Labute approximate surface area is 126 Å². The monoisotopic (exact) mass is 319 g/mol. The van der Waals surface area contributed by atoms with Crippen molar-refractivity contribution in [1.29, 1.82) is 0 Å². The van der Waals surface area contributed by atoms with Crippen LogP contribution in [0.1, 0.15) is 39.4 Å². The number of nitrogens with zero attached hydrogens (tertiary/aromatic N) is 1. The third kappa shape index (κ3) is 3.21. The average Bonchev–Trinajstić information content (AvgIpc) is 2.87. The first-order chi connectivity index (χ1) is 9.25. The molecule has 1 aromatic heterocycles. The Bertz CT molecular complexity index is 551. The van der Waals surface area contributed by atoms with Crippen LogP contribution in [0.15, 0.2) is 21.6 Å². The second-order valence-electron chi connectivity index (χ2n) is 6.40. The van der Waals surface area contributed by atoms with Gasteiger partial charge >= 0.3 is 0 Å². The molecule has 1 aliphatic heterocycles. The van der Waals surface area contributed by atoms with Crippen molar-refractivity contribution in [3.8, 4) is 0 Å². The summed E-state index contributed by atoms with van der Waals surface area (Å²) >= 11 is 5.64. The molecule has 2 heterocycles. The molecule has 4 nitrogen and oxygen atoms in total. The number of hydrogen-bond donors (Lipinski definition) is 0. The summed E-state index contributed by atoms with van der Waals surface area (Å²) in [5.74, 6) is 1.22. The first kappa shape index (κ1) is 15.9. The summed E-state index contributed by atoms with van der Waals surface area (Å²) in [7, 11) is -3.51. The lowest BCUT2D eigenvalue weighted by Crippen LogP contribution is -2.41. The summed E-state index contributed by atoms with van der Waals surface area (Å²) in [6, 6.07) is 3.10. The lowest BCUT2D eigenvalue weighted by molar-refractivity contribution is 0.153. The minimum Gasteiger partial charge on any atom is -0.447 e. The van der Waals surface area contributed by atoms with E-state index < -0.39 is 10.0 Å². The van der Waals surface area contributed by atoms with E-state index in [1.807, 2.05) is 0 Å². The van der Waals surface area contributed by atoms with Crippen LogP contribution in [0.2, 0.25) is 0 Å². The SMILES string of the molecule is CC(C)(C)C1CCN(S(=O)(=O)c2ccc(CCl)o2)CC1. The van der Waals surface area contributed by atoms with Crippen molar-refractivity contribution in [3.05, 3.63) is 17.9 Å². The first-order valence-electron chi connectivity index (χ1n) is 6.90. The fourth-order valence-electron chi connectivity index (χ4n) is 2.66. The van der Waals surface area contributed by atoms with Gasteiger partial charge in [-0.25, -0.2) is 8.42 Å². The van der Waals surface area contributed by atoms with Gasteiger partial charge in [0.05, 0.1) is 5.88 Å². The van der Waals surface area contributed by atoms with Crippen LogP contribution in [0.5, 0.6) is 0 Å². The van der Waals surface area contributed by atoms with Crippen LogP contribution in [0.3, 0.4) is 0 Å². The van der Waals surface area contributed by atoms with E-state index in [1.54, 1.807) is 6.07 Å². The van der Waals surface area contributed by atoms with E-state index in [2.05, 4.69) is 20.8 Å². The smallest absolute Gasteiger partial charge is 0.276 e. The van der Waals surface area contributed by atoms with Gasteiger partial charge in [-0.1, -0.05) is 20.8 Å². The largest absolute Gasteiger partial charge is 0.447 e. The van der Waals surface area contributed by atoms with Gasteiger partial charge in [-0.15, -0.1) is 11.6 Å². The van der Waals surface area contributed by atoms with Gasteiger partial charge in [0, 0.05) is 13.1 Å². The van der Waals surface area contributed by atoms with Gasteiger partial charge in [0.15, 0.2) is 0 Å². The van der Waals surface area contributed by atoms with Crippen LogP contribution in [0.25, 0.3) is 0 Å². The molecule has 1 saturated heterocycles. The van der Waals surface area contributed by atoms with Crippen LogP contribution in [-0.4, -0.2) is 25.8 Å². The second-order valence-corrected chi connectivity index (χ2v) is 8.53. The fraction of sp³-hybridized carbons (Fsp3) is 0.714. The van der Waals surface area contributed by atoms with Crippen LogP contribution in [0, 0.1) is 11.3 Å². The summed E-state index contributed by atoms with van der Waals surface area (Å²) < 4.78 is 31.7. The van der Waals surface area contributed by atoms with E-state index in [1.165, 1.54) is 10.4 Å². The molecular weight excluding hydrogens is 298 g/mol. The Balaban J connectivity index is 2.09. The molecule has 1 fully saturated rings. The molecule has 0 radical (unpaired) electrons. The van der Waals surface area contributed by atoms with Crippen LogP contribution in [-0.2, 0) is 15.9 Å². The molecule has 1 aliphatic rings. The van der Waals surface area contributed by atoms with Crippen LogP contribution in [0.4, 0.5) is 0 Å². The molecule has 0 bridgehead atoms. The summed E-state index contributed by atoms with van der Waals surface area (Å²) in [4.78, 5) is 0. The van der Waals surface area contributed by atoms with E-state index in [0.717, 1.165) is 12.8 Å². The zero-order valence-electron chi connectivity index (χ0n) is 12.2. The molecule has 2 rings (SSSR count). The van der Waals surface area contributed by atoms with E-state index in [4.69, 9.17) is 16.0 Å². The van der Waals surface area contributed by atoms with Crippen molar-refractivity contribution in [2.45, 2.75) is 44.6 Å². The van der Waals surface area contributed by atoms with E-state index in [9.17, 15) is 8.42 Å². The van der Waals surface area contributed by atoms with Gasteiger partial charge in [-0.05, 0) is 36.3 Å². The molecule has 0 atom stereocenters. The van der Waals surface area contributed by atoms with E-state index in [0.29, 0.717) is 24.8 Å². The van der Waals surface area contributed by atoms with Crippen molar-refractivity contribution in [2.24, 2.45) is 11.3 Å². The third-order valence-corrected chi connectivity index (χ3v) is 6.08. The summed E-state index contributed by atoms with van der Waals surface area (Å²) in [6.07, 6.45) is 1.79. The van der Waals surface area contributed by atoms with Crippen molar-refractivity contribution < 1.29 is 12.8 Å². The molecule has 0 unspecified atom stereocenters. The minimum absolute atomic E-state index is 0.00218. The molecule has 0 saturated carbocycles. The van der Waals surface area contributed by atoms with Crippen LogP contribution >= 0.6 is 11.6 Å². The molecule has 6 heteroatoms. The maximum atomic E-state index is 12.5. The molecule has 1 aromatic rings. The number of piperidine rings is 1. The number of rotatable bonds is 3. The Morgan fingerprint density at radius 2 is 1.90 bits per heavy atom. The molecule has 0 N–H and O–H groups in total. The molecular formula is C14H22ClNO3S. The van der Waals surface area contributed by atoms with Gasteiger partial charge < -0.3 is 4.42 Å². The maximum Gasteiger partial charge on any atom is 0.276 e. The highest BCUT2D eigenvalue weighted by Crippen LogP contribution is 2.35. The highest BCUT2D eigenvalue weighted by molar-refractivity contribution is 7.89. The zero-order chi connectivity index (χ0) is 15.0. The molecule has 20 heavy (non-hydrogen) atoms.